The summed E-state index contributed by atoms with van der Waals surface area (Å²) in [6.45, 7) is 11.6. The summed E-state index contributed by atoms with van der Waals surface area (Å²) in [5.74, 6) is 0. The Morgan fingerprint density at radius 1 is 0.857 bits per heavy atom. The van der Waals surface area contributed by atoms with Crippen molar-refractivity contribution in [2.45, 2.75) is 46.5 Å². The second kappa shape index (κ2) is 5.67. The number of rotatable bonds is 1. The number of hydrogen-bond acceptors (Lipinski definition) is 1. The fraction of sp³-hybridized carbons (Fsp3) is 0.296. The quantitative estimate of drug-likeness (QED) is 0.345. The molecule has 4 aromatic rings. The first-order chi connectivity index (χ1) is 13.3. The van der Waals surface area contributed by atoms with Crippen molar-refractivity contribution >= 4 is 21.7 Å². The molecule has 1 heterocycles. The summed E-state index contributed by atoms with van der Waals surface area (Å²) in [5.41, 5.74) is 7.84. The van der Waals surface area contributed by atoms with E-state index in [1.165, 1.54) is 38.4 Å². The number of benzene rings is 3. The molecule has 3 aromatic carbocycles. The van der Waals surface area contributed by atoms with Crippen LogP contribution in [0.3, 0.4) is 0 Å². The summed E-state index contributed by atoms with van der Waals surface area (Å²) in [6, 6.07) is 22.3. The standard InChI is InChI=1S/C27H27N/c1-26(2,3)16-18-11-8-14-23-20(18)15-22-25(28-23)19-12-6-9-17-10-7-13-21(24(17)19)27(22,4)5/h6-15H,16H2,1-5H3. The molecule has 1 aromatic heterocycles. The van der Waals surface area contributed by atoms with Crippen molar-refractivity contribution in [3.8, 4) is 11.3 Å². The predicted octanol–water partition coefficient (Wildman–Crippen LogP) is 7.28. The molecule has 0 atom stereocenters. The van der Waals surface area contributed by atoms with Crippen molar-refractivity contribution in [3.05, 3.63) is 77.4 Å². The molecule has 0 spiro atoms. The molecule has 0 radical (unpaired) electrons. The molecule has 1 aliphatic carbocycles. The van der Waals surface area contributed by atoms with Gasteiger partial charge in [0.05, 0.1) is 11.2 Å². The third kappa shape index (κ3) is 2.49. The third-order valence-electron chi connectivity index (χ3n) is 6.18. The Morgan fingerprint density at radius 2 is 1.57 bits per heavy atom. The van der Waals surface area contributed by atoms with E-state index in [2.05, 4.69) is 95.3 Å². The van der Waals surface area contributed by atoms with Crippen LogP contribution in [0.1, 0.15) is 51.3 Å². The zero-order chi connectivity index (χ0) is 19.7. The average molecular weight is 366 g/mol. The minimum Gasteiger partial charge on any atom is -0.247 e. The van der Waals surface area contributed by atoms with E-state index < -0.39 is 0 Å². The molecule has 0 aliphatic heterocycles. The van der Waals surface area contributed by atoms with Crippen molar-refractivity contribution in [2.75, 3.05) is 0 Å². The van der Waals surface area contributed by atoms with Gasteiger partial charge in [0.15, 0.2) is 0 Å². The maximum absolute atomic E-state index is 5.23. The van der Waals surface area contributed by atoms with Crippen LogP contribution in [0.4, 0.5) is 0 Å². The Labute approximate surface area is 167 Å². The number of fused-ring (bicyclic) bond motifs is 3. The van der Waals surface area contributed by atoms with Crippen molar-refractivity contribution in [3.63, 3.8) is 0 Å². The van der Waals surface area contributed by atoms with E-state index in [0.717, 1.165) is 17.6 Å². The molecular formula is C27H27N. The molecule has 1 aliphatic rings. The number of aromatic nitrogens is 1. The normalized spacial score (nSPS) is 15.0. The van der Waals surface area contributed by atoms with Crippen LogP contribution in [0.15, 0.2) is 60.7 Å². The van der Waals surface area contributed by atoms with Crippen LogP contribution in [0.2, 0.25) is 0 Å². The van der Waals surface area contributed by atoms with Gasteiger partial charge in [0.25, 0.3) is 0 Å². The zero-order valence-electron chi connectivity index (χ0n) is 17.4. The van der Waals surface area contributed by atoms with Gasteiger partial charge in [-0.1, -0.05) is 83.1 Å². The average Bonchev–Trinajstić information content (AvgIpc) is 2.64. The first-order valence-electron chi connectivity index (χ1n) is 10.2. The van der Waals surface area contributed by atoms with Crippen LogP contribution < -0.4 is 0 Å². The maximum atomic E-state index is 5.23. The lowest BCUT2D eigenvalue weighted by molar-refractivity contribution is 0.412. The largest absolute Gasteiger partial charge is 0.247 e. The molecule has 140 valence electrons. The Balaban J connectivity index is 1.87. The predicted molar refractivity (Wildman–Crippen MR) is 120 cm³/mol. The van der Waals surface area contributed by atoms with E-state index in [1.54, 1.807) is 0 Å². The van der Waals surface area contributed by atoms with E-state index in [0.29, 0.717) is 0 Å². The van der Waals surface area contributed by atoms with Gasteiger partial charge >= 0.3 is 0 Å². The monoisotopic (exact) mass is 365 g/mol. The Kier molecular flexibility index (Phi) is 3.53. The van der Waals surface area contributed by atoms with Gasteiger partial charge in [-0.3, -0.25) is 0 Å². The molecule has 0 unspecified atom stereocenters. The van der Waals surface area contributed by atoms with Gasteiger partial charge in [-0.2, -0.15) is 0 Å². The minimum atomic E-state index is -0.0702. The van der Waals surface area contributed by atoms with Crippen molar-refractivity contribution in [1.82, 2.24) is 4.98 Å². The van der Waals surface area contributed by atoms with E-state index in [1.807, 2.05) is 0 Å². The molecule has 1 nitrogen and oxygen atoms in total. The fourth-order valence-electron chi connectivity index (χ4n) is 4.87. The van der Waals surface area contributed by atoms with Crippen molar-refractivity contribution < 1.29 is 0 Å². The lowest BCUT2D eigenvalue weighted by Crippen LogP contribution is -2.24. The summed E-state index contributed by atoms with van der Waals surface area (Å²) in [6.07, 6.45) is 1.05. The van der Waals surface area contributed by atoms with E-state index in [4.69, 9.17) is 4.98 Å². The molecule has 0 fully saturated rings. The number of hydrogen-bond donors (Lipinski definition) is 0. The molecule has 0 N–H and O–H groups in total. The van der Waals surface area contributed by atoms with Crippen molar-refractivity contribution in [1.29, 1.82) is 0 Å². The van der Waals surface area contributed by atoms with Crippen molar-refractivity contribution in [2.24, 2.45) is 5.41 Å². The van der Waals surface area contributed by atoms with Crippen LogP contribution in [0.5, 0.6) is 0 Å². The van der Waals surface area contributed by atoms with Crippen LogP contribution in [-0.2, 0) is 11.8 Å². The van der Waals surface area contributed by atoms with Gasteiger partial charge < -0.3 is 0 Å². The molecule has 28 heavy (non-hydrogen) atoms. The molecule has 1 heteroatoms. The summed E-state index contributed by atoms with van der Waals surface area (Å²) < 4.78 is 0. The van der Waals surface area contributed by atoms with E-state index in [-0.39, 0.29) is 10.8 Å². The zero-order valence-corrected chi connectivity index (χ0v) is 17.4. The van der Waals surface area contributed by atoms with Crippen LogP contribution in [-0.4, -0.2) is 4.98 Å². The molecule has 0 saturated heterocycles. The Bertz CT molecular complexity index is 1230. The van der Waals surface area contributed by atoms with E-state index in [9.17, 15) is 0 Å². The SMILES string of the molecule is CC(C)(C)Cc1cccc2nc3c(cc12)C(C)(C)c1cccc2cccc-3c12. The highest BCUT2D eigenvalue weighted by Gasteiger charge is 2.34. The molecular weight excluding hydrogens is 338 g/mol. The van der Waals surface area contributed by atoms with Crippen LogP contribution in [0, 0.1) is 5.41 Å². The fourth-order valence-corrected chi connectivity index (χ4v) is 4.87. The van der Waals surface area contributed by atoms with Gasteiger partial charge in [0, 0.05) is 16.4 Å². The van der Waals surface area contributed by atoms with Gasteiger partial charge in [-0.25, -0.2) is 4.98 Å². The topological polar surface area (TPSA) is 12.9 Å². The number of nitrogens with zero attached hydrogens (tertiary/aromatic N) is 1. The Morgan fingerprint density at radius 3 is 2.32 bits per heavy atom. The highest BCUT2D eigenvalue weighted by molar-refractivity contribution is 6.03. The Hall–Kier alpha value is -2.67. The summed E-state index contributed by atoms with van der Waals surface area (Å²) in [5, 5.41) is 3.97. The van der Waals surface area contributed by atoms with Crippen LogP contribution >= 0.6 is 0 Å². The second-order valence-corrected chi connectivity index (χ2v) is 9.94. The smallest absolute Gasteiger partial charge is 0.0756 e. The summed E-state index contributed by atoms with van der Waals surface area (Å²) in [7, 11) is 0. The highest BCUT2D eigenvalue weighted by atomic mass is 14.7. The van der Waals surface area contributed by atoms with Gasteiger partial charge in [0.1, 0.15) is 0 Å². The van der Waals surface area contributed by atoms with Gasteiger partial charge in [-0.05, 0) is 51.4 Å². The van der Waals surface area contributed by atoms with Crippen LogP contribution in [0.25, 0.3) is 32.9 Å². The number of pyridine rings is 1. The first-order valence-corrected chi connectivity index (χ1v) is 10.2. The lowest BCUT2D eigenvalue weighted by atomic mass is 9.69. The highest BCUT2D eigenvalue weighted by Crippen LogP contribution is 2.48. The summed E-state index contributed by atoms with van der Waals surface area (Å²) >= 11 is 0. The molecule has 5 rings (SSSR count). The third-order valence-corrected chi connectivity index (χ3v) is 6.18. The first kappa shape index (κ1) is 17.4. The molecule has 0 saturated carbocycles. The maximum Gasteiger partial charge on any atom is 0.0756 e. The molecule has 0 bridgehead atoms. The van der Waals surface area contributed by atoms with Gasteiger partial charge in [-0.15, -0.1) is 0 Å². The molecule has 0 amide bonds. The van der Waals surface area contributed by atoms with Gasteiger partial charge in [0.2, 0.25) is 0 Å². The lowest BCUT2D eigenvalue weighted by Gasteiger charge is -2.35. The second-order valence-electron chi connectivity index (χ2n) is 9.94. The minimum absolute atomic E-state index is 0.0702. The summed E-state index contributed by atoms with van der Waals surface area (Å²) in [4.78, 5) is 5.23. The van der Waals surface area contributed by atoms with E-state index >= 15 is 0 Å².